The van der Waals surface area contributed by atoms with Crippen LogP contribution in [0.3, 0.4) is 0 Å². The van der Waals surface area contributed by atoms with Gasteiger partial charge in [-0.25, -0.2) is 4.98 Å². The van der Waals surface area contributed by atoms with Crippen molar-refractivity contribution in [1.29, 1.82) is 5.26 Å². The molecule has 0 aliphatic carbocycles. The van der Waals surface area contributed by atoms with Crippen LogP contribution in [0.15, 0.2) is 89.8 Å². The van der Waals surface area contributed by atoms with E-state index in [1.807, 2.05) is 91.3 Å². The van der Waals surface area contributed by atoms with Gasteiger partial charge in [0.15, 0.2) is 5.82 Å². The van der Waals surface area contributed by atoms with Crippen molar-refractivity contribution >= 4 is 12.4 Å². The third kappa shape index (κ3) is 5.05. The highest BCUT2D eigenvalue weighted by Crippen LogP contribution is 2.33. The molecular formula is C28H24ClN5O2. The molecule has 0 spiro atoms. The molecule has 2 aromatic heterocycles. The van der Waals surface area contributed by atoms with E-state index in [0.717, 1.165) is 33.5 Å². The molecule has 0 aliphatic rings. The van der Waals surface area contributed by atoms with E-state index in [4.69, 9.17) is 9.26 Å². The lowest BCUT2D eigenvalue weighted by atomic mass is 9.93. The summed E-state index contributed by atoms with van der Waals surface area (Å²) in [4.78, 5) is 8.76. The summed E-state index contributed by atoms with van der Waals surface area (Å²) < 4.78 is 13.7. The number of ether oxygens (including phenoxy) is 1. The molecule has 8 heteroatoms. The van der Waals surface area contributed by atoms with Gasteiger partial charge in [-0.15, -0.1) is 12.4 Å². The summed E-state index contributed by atoms with van der Waals surface area (Å²) in [5.74, 6) is 0.894. The molecule has 0 saturated carbocycles. The van der Waals surface area contributed by atoms with E-state index in [2.05, 4.69) is 21.2 Å². The number of aromatic nitrogens is 4. The van der Waals surface area contributed by atoms with Gasteiger partial charge < -0.3 is 13.8 Å². The summed E-state index contributed by atoms with van der Waals surface area (Å²) in [5, 5.41) is 13.8. The second-order valence-corrected chi connectivity index (χ2v) is 8.23. The van der Waals surface area contributed by atoms with Crippen LogP contribution in [-0.2, 0) is 18.4 Å². The fraction of sp³-hybridized carbons (Fsp3) is 0.143. The van der Waals surface area contributed by atoms with Crippen LogP contribution in [0.2, 0.25) is 0 Å². The number of benzene rings is 3. The van der Waals surface area contributed by atoms with Crippen molar-refractivity contribution in [1.82, 2.24) is 19.7 Å². The van der Waals surface area contributed by atoms with E-state index in [9.17, 15) is 5.26 Å². The molecule has 0 bridgehead atoms. The van der Waals surface area contributed by atoms with Gasteiger partial charge >= 0.3 is 0 Å². The van der Waals surface area contributed by atoms with E-state index < -0.39 is 6.10 Å². The van der Waals surface area contributed by atoms with Crippen molar-refractivity contribution in [3.8, 4) is 28.7 Å². The van der Waals surface area contributed by atoms with Gasteiger partial charge in [-0.2, -0.15) is 10.2 Å². The standard InChI is InChI=1S/C28H23N5O2.ClH/c1-19-8-6-7-11-23(19)24-14-21(12-13-22(24)15-29)27(25-16-30-18-33(25)2)34-17-26-31-28(35-32-26)20-9-4-3-5-10-20;/h3-14,16,18,27H,17H2,1-2H3;1H. The second kappa shape index (κ2) is 11.0. The van der Waals surface area contributed by atoms with Gasteiger partial charge in [-0.05, 0) is 47.9 Å². The van der Waals surface area contributed by atoms with Crippen LogP contribution in [0.1, 0.15) is 34.3 Å². The Hall–Kier alpha value is -4.25. The third-order valence-corrected chi connectivity index (χ3v) is 5.89. The normalized spacial score (nSPS) is 11.5. The first-order chi connectivity index (χ1) is 17.1. The minimum absolute atomic E-state index is 0. The number of nitriles is 1. The van der Waals surface area contributed by atoms with Gasteiger partial charge in [-0.1, -0.05) is 53.7 Å². The van der Waals surface area contributed by atoms with Gasteiger partial charge in [0.05, 0.1) is 29.9 Å². The van der Waals surface area contributed by atoms with Gasteiger partial charge in [0.1, 0.15) is 12.7 Å². The monoisotopic (exact) mass is 497 g/mol. The van der Waals surface area contributed by atoms with Gasteiger partial charge in [0.2, 0.25) is 0 Å². The number of rotatable bonds is 7. The number of halogens is 1. The number of hydrogen-bond donors (Lipinski definition) is 0. The molecule has 0 N–H and O–H groups in total. The Labute approximate surface area is 215 Å². The maximum atomic E-state index is 9.75. The van der Waals surface area contributed by atoms with Gasteiger partial charge in [0, 0.05) is 18.2 Å². The van der Waals surface area contributed by atoms with E-state index >= 15 is 0 Å². The molecule has 1 unspecified atom stereocenters. The lowest BCUT2D eigenvalue weighted by molar-refractivity contribution is 0.0567. The first kappa shape index (κ1) is 24.9. The smallest absolute Gasteiger partial charge is 0.258 e. The SMILES string of the molecule is Cc1ccccc1-c1cc(C(OCc2noc(-c3ccccc3)n2)c2cncn2C)ccc1C#N.Cl. The molecule has 0 radical (unpaired) electrons. The molecule has 5 rings (SSSR count). The lowest BCUT2D eigenvalue weighted by Gasteiger charge is -2.20. The zero-order chi connectivity index (χ0) is 24.2. The van der Waals surface area contributed by atoms with Crippen LogP contribution in [0, 0.1) is 18.3 Å². The minimum atomic E-state index is -0.448. The van der Waals surface area contributed by atoms with Crippen molar-refractivity contribution in [3.63, 3.8) is 0 Å². The molecule has 180 valence electrons. The Balaban J connectivity index is 0.00000304. The molecule has 2 heterocycles. The Morgan fingerprint density at radius 2 is 1.81 bits per heavy atom. The highest BCUT2D eigenvalue weighted by Gasteiger charge is 2.22. The molecule has 5 aromatic rings. The summed E-state index contributed by atoms with van der Waals surface area (Å²) in [6, 6.07) is 25.7. The first-order valence-corrected chi connectivity index (χ1v) is 11.2. The second-order valence-electron chi connectivity index (χ2n) is 8.23. The molecule has 7 nitrogen and oxygen atoms in total. The molecule has 36 heavy (non-hydrogen) atoms. The molecule has 3 aromatic carbocycles. The zero-order valence-electron chi connectivity index (χ0n) is 19.8. The van der Waals surface area contributed by atoms with Crippen LogP contribution in [-0.4, -0.2) is 19.7 Å². The average molecular weight is 498 g/mol. The first-order valence-electron chi connectivity index (χ1n) is 11.2. The van der Waals surface area contributed by atoms with Crippen LogP contribution in [0.5, 0.6) is 0 Å². The summed E-state index contributed by atoms with van der Waals surface area (Å²) in [6.07, 6.45) is 3.07. The topological polar surface area (TPSA) is 89.8 Å². The van der Waals surface area contributed by atoms with E-state index in [-0.39, 0.29) is 19.0 Å². The summed E-state index contributed by atoms with van der Waals surface area (Å²) >= 11 is 0. The fourth-order valence-corrected chi connectivity index (χ4v) is 4.06. The van der Waals surface area contributed by atoms with Crippen LogP contribution in [0.4, 0.5) is 0 Å². The van der Waals surface area contributed by atoms with E-state index in [1.165, 1.54) is 0 Å². The predicted octanol–water partition coefficient (Wildman–Crippen LogP) is 6.05. The number of imidazole rings is 1. The number of hydrogen-bond acceptors (Lipinski definition) is 6. The fourth-order valence-electron chi connectivity index (χ4n) is 4.06. The van der Waals surface area contributed by atoms with Crippen LogP contribution in [0.25, 0.3) is 22.6 Å². The van der Waals surface area contributed by atoms with Gasteiger partial charge in [0.25, 0.3) is 5.89 Å². The molecule has 0 saturated heterocycles. The maximum absolute atomic E-state index is 9.75. The predicted molar refractivity (Wildman–Crippen MR) is 138 cm³/mol. The molecule has 0 aliphatic heterocycles. The van der Waals surface area contributed by atoms with Crippen molar-refractivity contribution in [2.75, 3.05) is 0 Å². The Morgan fingerprint density at radius 1 is 1.03 bits per heavy atom. The Bertz CT molecular complexity index is 1500. The number of aryl methyl sites for hydroxylation is 2. The molecule has 0 amide bonds. The average Bonchev–Trinajstić information content (AvgIpc) is 3.54. The maximum Gasteiger partial charge on any atom is 0.258 e. The minimum Gasteiger partial charge on any atom is -0.359 e. The molecule has 1 atom stereocenters. The number of nitrogens with zero attached hydrogens (tertiary/aromatic N) is 5. The van der Waals surface area contributed by atoms with Crippen molar-refractivity contribution in [2.24, 2.45) is 7.05 Å². The van der Waals surface area contributed by atoms with Crippen molar-refractivity contribution in [3.05, 3.63) is 114 Å². The van der Waals surface area contributed by atoms with Gasteiger partial charge in [-0.3, -0.25) is 0 Å². The Morgan fingerprint density at radius 3 is 2.53 bits per heavy atom. The van der Waals surface area contributed by atoms with Crippen molar-refractivity contribution < 1.29 is 9.26 Å². The highest BCUT2D eigenvalue weighted by molar-refractivity contribution is 5.85. The third-order valence-electron chi connectivity index (χ3n) is 5.89. The molecular weight excluding hydrogens is 474 g/mol. The lowest BCUT2D eigenvalue weighted by Crippen LogP contribution is -2.11. The summed E-state index contributed by atoms with van der Waals surface area (Å²) in [7, 11) is 1.92. The largest absolute Gasteiger partial charge is 0.359 e. The van der Waals surface area contributed by atoms with E-state index in [1.54, 1.807) is 12.5 Å². The zero-order valence-corrected chi connectivity index (χ0v) is 20.6. The van der Waals surface area contributed by atoms with E-state index in [0.29, 0.717) is 17.3 Å². The molecule has 0 fully saturated rings. The highest BCUT2D eigenvalue weighted by atomic mass is 35.5. The summed E-state index contributed by atoms with van der Waals surface area (Å²) in [6.45, 7) is 2.19. The quantitative estimate of drug-likeness (QED) is 0.272. The van der Waals surface area contributed by atoms with Crippen LogP contribution < -0.4 is 0 Å². The van der Waals surface area contributed by atoms with Crippen molar-refractivity contribution in [2.45, 2.75) is 19.6 Å². The van der Waals surface area contributed by atoms with Crippen LogP contribution >= 0.6 is 12.4 Å². The summed E-state index contributed by atoms with van der Waals surface area (Å²) in [5.41, 5.74) is 6.21. The Kier molecular flexibility index (Phi) is 7.59.